The molecule has 1 atom stereocenters. The molecular weight excluding hydrogens is 264 g/mol. The molecule has 3 heteroatoms. The van der Waals surface area contributed by atoms with Crippen molar-refractivity contribution in [3.63, 3.8) is 0 Å². The van der Waals surface area contributed by atoms with Gasteiger partial charge >= 0.3 is 0 Å². The maximum atomic E-state index is 3.64. The highest BCUT2D eigenvalue weighted by atomic mass is 79.9. The molecule has 0 aromatic heterocycles. The Balaban J connectivity index is 2.13. The van der Waals surface area contributed by atoms with Crippen LogP contribution in [0.5, 0.6) is 0 Å². The second kappa shape index (κ2) is 5.19. The Morgan fingerprint density at radius 1 is 1.50 bits per heavy atom. The van der Waals surface area contributed by atoms with Crippen molar-refractivity contribution in [3.8, 4) is 0 Å². The van der Waals surface area contributed by atoms with E-state index in [0.29, 0.717) is 12.0 Å². The van der Waals surface area contributed by atoms with E-state index in [-0.39, 0.29) is 0 Å². The van der Waals surface area contributed by atoms with Crippen molar-refractivity contribution in [2.45, 2.75) is 26.3 Å². The van der Waals surface area contributed by atoms with Crippen LogP contribution in [0, 0.1) is 5.92 Å². The van der Waals surface area contributed by atoms with E-state index in [1.807, 2.05) is 0 Å². The van der Waals surface area contributed by atoms with Crippen LogP contribution in [-0.2, 0) is 0 Å². The van der Waals surface area contributed by atoms with Gasteiger partial charge in [-0.15, -0.1) is 0 Å². The van der Waals surface area contributed by atoms with E-state index >= 15 is 0 Å². The molecule has 1 aromatic carbocycles. The molecule has 2 nitrogen and oxygen atoms in total. The first kappa shape index (κ1) is 11.9. The summed E-state index contributed by atoms with van der Waals surface area (Å²) in [6.07, 6.45) is 1.17. The van der Waals surface area contributed by atoms with Crippen LogP contribution in [0.25, 0.3) is 0 Å². The second-order valence-corrected chi connectivity index (χ2v) is 5.72. The number of rotatable bonds is 3. The minimum Gasteiger partial charge on any atom is -0.385 e. The highest BCUT2D eigenvalue weighted by molar-refractivity contribution is 9.10. The van der Waals surface area contributed by atoms with Crippen LogP contribution in [-0.4, -0.2) is 13.1 Å². The molecule has 0 bridgehead atoms. The summed E-state index contributed by atoms with van der Waals surface area (Å²) in [6.45, 7) is 6.63. The minimum atomic E-state index is 0.506. The van der Waals surface area contributed by atoms with Crippen molar-refractivity contribution >= 4 is 21.6 Å². The SMILES string of the molecule is CC(C)CNC1CCNc2cc(Br)ccc21. The molecule has 0 fully saturated rings. The molecule has 1 aliphatic heterocycles. The Hall–Kier alpha value is -0.540. The zero-order chi connectivity index (χ0) is 11.5. The highest BCUT2D eigenvalue weighted by Gasteiger charge is 2.19. The number of fused-ring (bicyclic) bond motifs is 1. The maximum Gasteiger partial charge on any atom is 0.0400 e. The first-order chi connectivity index (χ1) is 7.66. The second-order valence-electron chi connectivity index (χ2n) is 4.80. The van der Waals surface area contributed by atoms with Crippen molar-refractivity contribution in [1.82, 2.24) is 5.32 Å². The van der Waals surface area contributed by atoms with Gasteiger partial charge in [0.25, 0.3) is 0 Å². The molecule has 0 aliphatic carbocycles. The molecule has 1 unspecified atom stereocenters. The van der Waals surface area contributed by atoms with E-state index in [1.54, 1.807) is 0 Å². The predicted octanol–water partition coefficient (Wildman–Crippen LogP) is 3.55. The third kappa shape index (κ3) is 2.77. The fourth-order valence-electron chi connectivity index (χ4n) is 2.08. The van der Waals surface area contributed by atoms with E-state index in [2.05, 4.69) is 58.6 Å². The standard InChI is InChI=1S/C13H19BrN2/c1-9(2)8-16-12-5-6-15-13-7-10(14)3-4-11(12)13/h3-4,7,9,12,15-16H,5-6,8H2,1-2H3. The fourth-order valence-corrected chi connectivity index (χ4v) is 2.44. The van der Waals surface area contributed by atoms with Crippen LogP contribution in [0.2, 0.25) is 0 Å². The van der Waals surface area contributed by atoms with Gasteiger partial charge in [0, 0.05) is 22.7 Å². The fraction of sp³-hybridized carbons (Fsp3) is 0.538. The third-order valence-electron chi connectivity index (χ3n) is 2.91. The van der Waals surface area contributed by atoms with Crippen LogP contribution < -0.4 is 10.6 Å². The quantitative estimate of drug-likeness (QED) is 0.886. The van der Waals surface area contributed by atoms with Gasteiger partial charge in [-0.3, -0.25) is 0 Å². The molecule has 1 aliphatic rings. The van der Waals surface area contributed by atoms with Crippen molar-refractivity contribution in [2.75, 3.05) is 18.4 Å². The smallest absolute Gasteiger partial charge is 0.0400 e. The van der Waals surface area contributed by atoms with Crippen molar-refractivity contribution in [1.29, 1.82) is 0 Å². The maximum absolute atomic E-state index is 3.64. The van der Waals surface area contributed by atoms with Gasteiger partial charge in [-0.05, 0) is 36.6 Å². The molecule has 88 valence electrons. The monoisotopic (exact) mass is 282 g/mol. The summed E-state index contributed by atoms with van der Waals surface area (Å²) in [5.41, 5.74) is 2.66. The summed E-state index contributed by atoms with van der Waals surface area (Å²) in [7, 11) is 0. The molecular formula is C13H19BrN2. The Morgan fingerprint density at radius 2 is 2.31 bits per heavy atom. The average Bonchev–Trinajstić information content (AvgIpc) is 2.25. The van der Waals surface area contributed by atoms with Gasteiger partial charge < -0.3 is 10.6 Å². The van der Waals surface area contributed by atoms with E-state index in [9.17, 15) is 0 Å². The van der Waals surface area contributed by atoms with Crippen LogP contribution >= 0.6 is 15.9 Å². The summed E-state index contributed by atoms with van der Waals surface area (Å²) >= 11 is 3.51. The lowest BCUT2D eigenvalue weighted by molar-refractivity contribution is 0.454. The first-order valence-electron chi connectivity index (χ1n) is 5.93. The van der Waals surface area contributed by atoms with Gasteiger partial charge in [0.1, 0.15) is 0 Å². The predicted molar refractivity (Wildman–Crippen MR) is 72.8 cm³/mol. The van der Waals surface area contributed by atoms with Gasteiger partial charge in [0.05, 0.1) is 0 Å². The molecule has 2 rings (SSSR count). The molecule has 16 heavy (non-hydrogen) atoms. The Kier molecular flexibility index (Phi) is 3.87. The van der Waals surface area contributed by atoms with Gasteiger partial charge in [-0.1, -0.05) is 35.8 Å². The molecule has 0 saturated carbocycles. The van der Waals surface area contributed by atoms with Crippen molar-refractivity contribution < 1.29 is 0 Å². The molecule has 1 heterocycles. The molecule has 0 spiro atoms. The van der Waals surface area contributed by atoms with Crippen LogP contribution in [0.4, 0.5) is 5.69 Å². The number of anilines is 1. The summed E-state index contributed by atoms with van der Waals surface area (Å²) in [5.74, 6) is 0.703. The third-order valence-corrected chi connectivity index (χ3v) is 3.40. The number of halogens is 1. The van der Waals surface area contributed by atoms with Gasteiger partial charge in [-0.2, -0.15) is 0 Å². The number of nitrogens with one attached hydrogen (secondary N) is 2. The molecule has 0 radical (unpaired) electrons. The van der Waals surface area contributed by atoms with E-state index in [1.165, 1.54) is 17.7 Å². The Labute approximate surface area is 106 Å². The summed E-state index contributed by atoms with van der Waals surface area (Å²) < 4.78 is 1.14. The van der Waals surface area contributed by atoms with E-state index in [4.69, 9.17) is 0 Å². The molecule has 2 N–H and O–H groups in total. The Bertz CT molecular complexity index is 363. The average molecular weight is 283 g/mol. The number of hydrogen-bond acceptors (Lipinski definition) is 2. The largest absolute Gasteiger partial charge is 0.385 e. The van der Waals surface area contributed by atoms with Gasteiger partial charge in [0.15, 0.2) is 0 Å². The topological polar surface area (TPSA) is 24.1 Å². The van der Waals surface area contributed by atoms with Crippen molar-refractivity contribution in [2.24, 2.45) is 5.92 Å². The number of hydrogen-bond donors (Lipinski definition) is 2. The van der Waals surface area contributed by atoms with Crippen LogP contribution in [0.15, 0.2) is 22.7 Å². The first-order valence-corrected chi connectivity index (χ1v) is 6.73. The lowest BCUT2D eigenvalue weighted by atomic mass is 9.97. The highest BCUT2D eigenvalue weighted by Crippen LogP contribution is 2.31. The van der Waals surface area contributed by atoms with Gasteiger partial charge in [0.2, 0.25) is 0 Å². The van der Waals surface area contributed by atoms with E-state index in [0.717, 1.165) is 17.6 Å². The van der Waals surface area contributed by atoms with Crippen LogP contribution in [0.3, 0.4) is 0 Å². The number of benzene rings is 1. The minimum absolute atomic E-state index is 0.506. The zero-order valence-corrected chi connectivity index (χ0v) is 11.5. The van der Waals surface area contributed by atoms with Gasteiger partial charge in [-0.25, -0.2) is 0 Å². The van der Waals surface area contributed by atoms with Crippen LogP contribution in [0.1, 0.15) is 31.9 Å². The lowest BCUT2D eigenvalue weighted by Gasteiger charge is -2.28. The zero-order valence-electron chi connectivity index (χ0n) is 9.89. The summed E-state index contributed by atoms with van der Waals surface area (Å²) in [4.78, 5) is 0. The molecule has 1 aromatic rings. The molecule has 0 amide bonds. The normalized spacial score (nSPS) is 19.4. The molecule has 0 saturated heterocycles. The Morgan fingerprint density at radius 3 is 3.06 bits per heavy atom. The summed E-state index contributed by atoms with van der Waals surface area (Å²) in [5, 5.41) is 7.09. The lowest BCUT2D eigenvalue weighted by Crippen LogP contribution is -2.30. The van der Waals surface area contributed by atoms with E-state index < -0.39 is 0 Å². The summed E-state index contributed by atoms with van der Waals surface area (Å²) in [6, 6.07) is 7.00. The van der Waals surface area contributed by atoms with Crippen molar-refractivity contribution in [3.05, 3.63) is 28.2 Å².